The molecule has 1 aliphatic heterocycles. The molecule has 3 rings (SSSR count). The fraction of sp³-hybridized carbons (Fsp3) is 0.389. The number of piperidine rings is 1. The zero-order valence-electron chi connectivity index (χ0n) is 14.1. The van der Waals surface area contributed by atoms with Crippen molar-refractivity contribution in [1.29, 1.82) is 0 Å². The van der Waals surface area contributed by atoms with Crippen molar-refractivity contribution in [2.45, 2.75) is 18.9 Å². The van der Waals surface area contributed by atoms with Gasteiger partial charge in [0.15, 0.2) is 0 Å². The Labute approximate surface area is 142 Å². The van der Waals surface area contributed by atoms with Gasteiger partial charge in [0.2, 0.25) is 0 Å². The van der Waals surface area contributed by atoms with Crippen molar-refractivity contribution in [1.82, 2.24) is 14.9 Å². The molecule has 0 radical (unpaired) electrons. The molecule has 0 unspecified atom stereocenters. The summed E-state index contributed by atoms with van der Waals surface area (Å²) >= 11 is 0. The van der Waals surface area contributed by atoms with E-state index in [0.717, 1.165) is 43.0 Å². The van der Waals surface area contributed by atoms with E-state index in [1.165, 1.54) is 0 Å². The smallest absolute Gasteiger partial charge is 0.253 e. The number of aromatic nitrogens is 2. The normalized spacial score (nSPS) is 15.2. The molecule has 1 N–H and O–H groups in total. The number of anilines is 2. The fourth-order valence-electron chi connectivity index (χ4n) is 2.90. The molecule has 6 heteroatoms. The molecule has 2 aromatic rings. The van der Waals surface area contributed by atoms with Gasteiger partial charge in [-0.15, -0.1) is 0 Å². The Morgan fingerprint density at radius 1 is 1.17 bits per heavy atom. The van der Waals surface area contributed by atoms with Crippen molar-refractivity contribution in [3.05, 3.63) is 48.4 Å². The van der Waals surface area contributed by atoms with Gasteiger partial charge < -0.3 is 15.1 Å². The molecule has 1 aliphatic rings. The minimum atomic E-state index is 0.112. The van der Waals surface area contributed by atoms with E-state index in [1.807, 2.05) is 54.2 Å². The lowest BCUT2D eigenvalue weighted by Crippen LogP contribution is -2.42. The number of benzene rings is 1. The number of hydrogen-bond donors (Lipinski definition) is 1. The summed E-state index contributed by atoms with van der Waals surface area (Å²) in [5.74, 6) is 0.954. The number of amides is 1. The molecule has 1 aromatic heterocycles. The van der Waals surface area contributed by atoms with Crippen LogP contribution in [0.1, 0.15) is 23.2 Å². The first-order valence-corrected chi connectivity index (χ1v) is 8.22. The molecule has 1 fully saturated rings. The summed E-state index contributed by atoms with van der Waals surface area (Å²) < 4.78 is 0. The average Bonchev–Trinajstić information content (AvgIpc) is 2.63. The molecule has 24 heavy (non-hydrogen) atoms. The van der Waals surface area contributed by atoms with Gasteiger partial charge in [-0.25, -0.2) is 9.97 Å². The van der Waals surface area contributed by atoms with Crippen LogP contribution in [0.25, 0.3) is 0 Å². The lowest BCUT2D eigenvalue weighted by Gasteiger charge is -2.32. The highest BCUT2D eigenvalue weighted by atomic mass is 16.2. The zero-order chi connectivity index (χ0) is 16.9. The van der Waals surface area contributed by atoms with Crippen LogP contribution in [-0.4, -0.2) is 54.0 Å². The molecule has 0 atom stereocenters. The van der Waals surface area contributed by atoms with E-state index in [1.54, 1.807) is 12.5 Å². The Bertz CT molecular complexity index is 664. The molecular formula is C18H23N5O. The Morgan fingerprint density at radius 3 is 2.46 bits per heavy atom. The molecule has 0 saturated carbocycles. The molecular weight excluding hydrogens is 302 g/mol. The van der Waals surface area contributed by atoms with Crippen LogP contribution in [0.4, 0.5) is 11.5 Å². The molecule has 1 aromatic carbocycles. The molecule has 0 spiro atoms. The summed E-state index contributed by atoms with van der Waals surface area (Å²) in [6, 6.07) is 9.99. The summed E-state index contributed by atoms with van der Waals surface area (Å²) in [6.45, 7) is 1.52. The van der Waals surface area contributed by atoms with Gasteiger partial charge in [0.05, 0.1) is 0 Å². The quantitative estimate of drug-likeness (QED) is 0.934. The summed E-state index contributed by atoms with van der Waals surface area (Å²) in [5.41, 5.74) is 1.85. The molecule has 126 valence electrons. The van der Waals surface area contributed by atoms with Crippen LogP contribution in [0.3, 0.4) is 0 Å². The Balaban J connectivity index is 1.55. The standard InChI is InChI=1S/C18H23N5O/c1-22(2)16-5-3-14(4-6-16)18(24)23-11-8-15(9-12-23)21-17-7-10-19-13-20-17/h3-7,10,13,15H,8-9,11-12H2,1-2H3,(H,19,20,21). The van der Waals surface area contributed by atoms with Crippen LogP contribution in [0, 0.1) is 0 Å². The van der Waals surface area contributed by atoms with Gasteiger partial charge in [0, 0.05) is 50.7 Å². The minimum Gasteiger partial charge on any atom is -0.378 e. The van der Waals surface area contributed by atoms with Gasteiger partial charge in [0.25, 0.3) is 5.91 Å². The number of carbonyl (C=O) groups is 1. The Hall–Kier alpha value is -2.63. The third-order valence-corrected chi connectivity index (χ3v) is 4.35. The second-order valence-corrected chi connectivity index (χ2v) is 6.25. The van der Waals surface area contributed by atoms with E-state index >= 15 is 0 Å². The lowest BCUT2D eigenvalue weighted by molar-refractivity contribution is 0.0718. The first-order chi connectivity index (χ1) is 11.6. The van der Waals surface area contributed by atoms with E-state index in [2.05, 4.69) is 15.3 Å². The number of rotatable bonds is 4. The van der Waals surface area contributed by atoms with Crippen LogP contribution < -0.4 is 10.2 Å². The number of carbonyl (C=O) groups excluding carboxylic acids is 1. The van der Waals surface area contributed by atoms with Crippen molar-refractivity contribution in [3.8, 4) is 0 Å². The first-order valence-electron chi connectivity index (χ1n) is 8.22. The van der Waals surface area contributed by atoms with Crippen LogP contribution in [0.15, 0.2) is 42.9 Å². The van der Waals surface area contributed by atoms with E-state index in [9.17, 15) is 4.79 Å². The third kappa shape index (κ3) is 3.82. The minimum absolute atomic E-state index is 0.112. The average molecular weight is 325 g/mol. The van der Waals surface area contributed by atoms with Crippen molar-refractivity contribution in [3.63, 3.8) is 0 Å². The van der Waals surface area contributed by atoms with Gasteiger partial charge >= 0.3 is 0 Å². The molecule has 1 saturated heterocycles. The number of likely N-dealkylation sites (tertiary alicyclic amines) is 1. The van der Waals surface area contributed by atoms with E-state index < -0.39 is 0 Å². The van der Waals surface area contributed by atoms with Gasteiger partial charge in [0.1, 0.15) is 12.1 Å². The van der Waals surface area contributed by atoms with Crippen molar-refractivity contribution < 1.29 is 4.79 Å². The van der Waals surface area contributed by atoms with E-state index in [-0.39, 0.29) is 5.91 Å². The summed E-state index contributed by atoms with van der Waals surface area (Å²) in [5, 5.41) is 3.41. The molecule has 0 bridgehead atoms. The largest absolute Gasteiger partial charge is 0.378 e. The second-order valence-electron chi connectivity index (χ2n) is 6.25. The van der Waals surface area contributed by atoms with Crippen LogP contribution in [0.5, 0.6) is 0 Å². The summed E-state index contributed by atoms with van der Waals surface area (Å²) in [7, 11) is 3.98. The number of nitrogens with zero attached hydrogens (tertiary/aromatic N) is 4. The molecule has 0 aliphatic carbocycles. The summed E-state index contributed by atoms with van der Waals surface area (Å²) in [6.07, 6.45) is 5.11. The predicted octanol–water partition coefficient (Wildman–Crippen LogP) is 2.26. The fourth-order valence-corrected chi connectivity index (χ4v) is 2.90. The summed E-state index contributed by atoms with van der Waals surface area (Å²) in [4.78, 5) is 24.7. The highest BCUT2D eigenvalue weighted by Gasteiger charge is 2.23. The van der Waals surface area contributed by atoms with Gasteiger partial charge in [-0.05, 0) is 43.2 Å². The number of hydrogen-bond acceptors (Lipinski definition) is 5. The van der Waals surface area contributed by atoms with E-state index in [0.29, 0.717) is 6.04 Å². The number of nitrogens with one attached hydrogen (secondary N) is 1. The van der Waals surface area contributed by atoms with E-state index in [4.69, 9.17) is 0 Å². The molecule has 6 nitrogen and oxygen atoms in total. The maximum Gasteiger partial charge on any atom is 0.253 e. The van der Waals surface area contributed by atoms with Crippen LogP contribution >= 0.6 is 0 Å². The van der Waals surface area contributed by atoms with Crippen LogP contribution in [-0.2, 0) is 0 Å². The second kappa shape index (κ2) is 7.29. The van der Waals surface area contributed by atoms with Gasteiger partial charge in [-0.2, -0.15) is 0 Å². The predicted molar refractivity (Wildman–Crippen MR) is 95.3 cm³/mol. The van der Waals surface area contributed by atoms with Crippen molar-refractivity contribution in [2.75, 3.05) is 37.4 Å². The molecule has 1 amide bonds. The lowest BCUT2D eigenvalue weighted by atomic mass is 10.0. The maximum absolute atomic E-state index is 12.6. The first kappa shape index (κ1) is 16.2. The topological polar surface area (TPSA) is 61.4 Å². The molecule has 2 heterocycles. The Morgan fingerprint density at radius 2 is 1.88 bits per heavy atom. The SMILES string of the molecule is CN(C)c1ccc(C(=O)N2CCC(Nc3ccncn3)CC2)cc1. The van der Waals surface area contributed by atoms with Gasteiger partial charge in [-0.3, -0.25) is 4.79 Å². The maximum atomic E-state index is 12.6. The van der Waals surface area contributed by atoms with Crippen molar-refractivity contribution >= 4 is 17.4 Å². The highest BCUT2D eigenvalue weighted by molar-refractivity contribution is 5.94. The highest BCUT2D eigenvalue weighted by Crippen LogP contribution is 2.18. The third-order valence-electron chi connectivity index (χ3n) is 4.35. The zero-order valence-corrected chi connectivity index (χ0v) is 14.1. The van der Waals surface area contributed by atoms with Gasteiger partial charge in [-0.1, -0.05) is 0 Å². The Kier molecular flexibility index (Phi) is 4.93. The monoisotopic (exact) mass is 325 g/mol. The van der Waals surface area contributed by atoms with Crippen LogP contribution in [0.2, 0.25) is 0 Å². The van der Waals surface area contributed by atoms with Crippen molar-refractivity contribution in [2.24, 2.45) is 0 Å².